The van der Waals surface area contributed by atoms with Crippen molar-refractivity contribution in [2.75, 3.05) is 39.8 Å². The van der Waals surface area contributed by atoms with Gasteiger partial charge in [-0.3, -0.25) is 67.3 Å². The number of aliphatic hydroxyl groups is 2. The monoisotopic (exact) mass is 1720 g/mol. The molecule has 0 aliphatic carbocycles. The van der Waals surface area contributed by atoms with Crippen LogP contribution in [0.5, 0.6) is 0 Å². The Morgan fingerprint density at radius 3 is 1.32 bits per heavy atom. The molecule has 0 radical (unpaired) electrons. The zero-order valence-corrected chi connectivity index (χ0v) is 71.4. The lowest BCUT2D eigenvalue weighted by Gasteiger charge is -2.31. The largest absolute Gasteiger partial charge is 0.458 e. The Morgan fingerprint density at radius 1 is 0.540 bits per heavy atom. The van der Waals surface area contributed by atoms with Crippen LogP contribution in [0.3, 0.4) is 0 Å². The van der Waals surface area contributed by atoms with E-state index in [2.05, 4.69) is 31.9 Å². The zero-order chi connectivity index (χ0) is 89.2. The Hall–Kier alpha value is -11.4. The lowest BCUT2D eigenvalue weighted by molar-refractivity contribution is -0.172. The van der Waals surface area contributed by atoms with Gasteiger partial charge in [0.05, 0.1) is 58.0 Å². The molecule has 32 nitrogen and oxygen atoms in total. The highest BCUT2D eigenvalue weighted by Crippen LogP contribution is 2.42. The van der Waals surface area contributed by atoms with Gasteiger partial charge in [0.2, 0.25) is 47.3 Å². The van der Waals surface area contributed by atoms with Crippen LogP contribution in [0.25, 0.3) is 44.6 Å². The third-order valence-corrected chi connectivity index (χ3v) is 23.9. The van der Waals surface area contributed by atoms with Gasteiger partial charge in [0, 0.05) is 109 Å². The molecule has 12 rings (SSSR count). The molecule has 124 heavy (non-hydrogen) atoms. The van der Waals surface area contributed by atoms with Crippen molar-refractivity contribution in [1.82, 2.24) is 60.8 Å². The van der Waals surface area contributed by atoms with Crippen LogP contribution in [0.1, 0.15) is 222 Å². The molecule has 1 saturated heterocycles. The summed E-state index contributed by atoms with van der Waals surface area (Å²) in [5, 5.41) is 40.0. The minimum absolute atomic E-state index is 0. The van der Waals surface area contributed by atoms with Gasteiger partial charge in [-0.2, -0.15) is 0 Å². The topological polar surface area (TPSA) is 431 Å². The Bertz CT molecular complexity index is 5330. The lowest BCUT2D eigenvalue weighted by atomic mass is 9.86. The molecular weight excluding hydrogens is 1610 g/mol. The number of aromatic nitrogens is 4. The number of carbonyl (C=O) groups excluding carboxylic acids is 12. The van der Waals surface area contributed by atoms with Gasteiger partial charge in [-0.15, -0.1) is 0 Å². The molecule has 6 aliphatic rings. The number of likely N-dealkylation sites (tertiary alicyclic amines) is 1. The van der Waals surface area contributed by atoms with Crippen LogP contribution in [0.15, 0.2) is 58.1 Å². The van der Waals surface area contributed by atoms with Crippen LogP contribution in [-0.2, 0) is 127 Å². The molecule has 4 aromatic heterocycles. The predicted octanol–water partition coefficient (Wildman–Crippen LogP) is 7.25. The van der Waals surface area contributed by atoms with E-state index in [1.165, 1.54) is 43.0 Å². The van der Waals surface area contributed by atoms with Gasteiger partial charge in [-0.25, -0.2) is 28.3 Å². The number of imide groups is 2. The third kappa shape index (κ3) is 20.7. The van der Waals surface area contributed by atoms with Crippen molar-refractivity contribution >= 4 is 92.8 Å². The molecule has 0 spiro atoms. The number of amides is 10. The normalized spacial score (nSPS) is 18.1. The summed E-state index contributed by atoms with van der Waals surface area (Å²) in [5.74, 6) is -6.79. The van der Waals surface area contributed by atoms with Crippen LogP contribution < -0.4 is 43.0 Å². The second-order valence-electron chi connectivity index (χ2n) is 33.2. The number of ether oxygens (including phenoxy) is 4. The van der Waals surface area contributed by atoms with Crippen molar-refractivity contribution in [2.24, 2.45) is 17.8 Å². The summed E-state index contributed by atoms with van der Waals surface area (Å²) in [7, 11) is 0. The average Bonchev–Trinajstić information content (AvgIpc) is 1.54. The number of carbonyl (C=O) groups is 12. The molecule has 2 aromatic carbocycles. The van der Waals surface area contributed by atoms with Crippen molar-refractivity contribution in [3.63, 3.8) is 0 Å². The first-order valence-electron chi connectivity index (χ1n) is 42.4. The minimum atomic E-state index is -1.95. The van der Waals surface area contributed by atoms with Crippen LogP contribution in [0.2, 0.25) is 0 Å². The highest BCUT2D eigenvalue weighted by atomic mass is 19.1. The number of nitrogens with one attached hydrogen (secondary N) is 6. The summed E-state index contributed by atoms with van der Waals surface area (Å²) in [5.41, 5.74) is 3.00. The molecule has 10 heterocycles. The number of hydrogen-bond acceptors (Lipinski definition) is 22. The van der Waals surface area contributed by atoms with Crippen LogP contribution in [0, 0.1) is 43.2 Å². The first-order chi connectivity index (χ1) is 58.5. The number of unbranched alkanes of at least 4 members (excludes halogenated alkanes) is 6. The van der Waals surface area contributed by atoms with Gasteiger partial charge >= 0.3 is 11.9 Å². The fraction of sp³-hybridized carbons (Fsp3) is 0.533. The molecule has 6 aliphatic heterocycles. The molecular formula is C90H114F2N12O20. The summed E-state index contributed by atoms with van der Waals surface area (Å²) in [6.07, 6.45) is 10.0. The van der Waals surface area contributed by atoms with E-state index in [1.54, 1.807) is 83.6 Å². The number of benzene rings is 2. The van der Waals surface area contributed by atoms with E-state index in [0.29, 0.717) is 142 Å². The summed E-state index contributed by atoms with van der Waals surface area (Å²) in [4.78, 5) is 189. The number of nitrogens with zero attached hydrogens (tertiary/aromatic N) is 6. The molecule has 1 fully saturated rings. The summed E-state index contributed by atoms with van der Waals surface area (Å²) >= 11 is 0. The third-order valence-electron chi connectivity index (χ3n) is 23.9. The van der Waals surface area contributed by atoms with E-state index in [4.69, 9.17) is 28.9 Å². The second kappa shape index (κ2) is 41.0. The Kier molecular flexibility index (Phi) is 31.3. The fourth-order valence-corrected chi connectivity index (χ4v) is 16.4. The standard InChI is InChI=1S/C45H57FN6O10.C44H53FN6O10.CH4/c1-7-45(60)32-19-35-39-28(21-52(35)43(58)31(32)22-62-44(45)59)18-30-29(26(5)33(46)20-34(30)49-39)13-10-12-16-61-23-47-40(55)27(6)48-41(56)38(24(2)3)50-36(53)14-9-8-11-15-51-37(54)17-25(4)42(51)57;1-6-44(59)31-19-34-39-27(21-51(34)42(57)30(31)22-61-43(44)58)18-29-28(25(4)32(45)20-33(29)48-39)12-9-11-17-60-23-46-40(55)26(5)47-41(56)38(24(2)3)49-35(52)13-8-7-10-16-50-36(53)14-15-37(50)54;/h18-20,24-25,27,38,60H,7-17,21-23H2,1-6H3,(H,47,55)(H,48,56)(H,50,53);14-15,18-20,24,26,38,59H,6-13,16-17,21-23H2,1-5H3,(H,46,55)(H,47,56)(H,49,52);1H4/t25?,27-,38-,45-;26-,38-,44-;/m00./s1. The van der Waals surface area contributed by atoms with E-state index >= 15 is 8.78 Å². The molecule has 7 atom stereocenters. The minimum Gasteiger partial charge on any atom is -0.458 e. The predicted molar refractivity (Wildman–Crippen MR) is 451 cm³/mol. The Labute approximate surface area is 717 Å². The van der Waals surface area contributed by atoms with Crippen LogP contribution in [0.4, 0.5) is 8.78 Å². The number of cyclic esters (lactones) is 2. The Morgan fingerprint density at radius 2 is 0.944 bits per heavy atom. The number of esters is 2. The van der Waals surface area contributed by atoms with Gasteiger partial charge in [0.15, 0.2) is 11.2 Å². The molecule has 8 N–H and O–H groups in total. The van der Waals surface area contributed by atoms with Gasteiger partial charge in [0.25, 0.3) is 22.9 Å². The van der Waals surface area contributed by atoms with E-state index in [0.717, 1.165) is 37.9 Å². The SMILES string of the molecule is C.CC[C@@]1(O)C(=O)OCc2c1cc1n(c2=O)Cc2cc3c(CCCCOCNC(=O)[C@H](C)NC(=O)[C@@H](NC(=O)CCCCCN4C(=O)C=CC4=O)C(C)C)c(C)c(F)cc3nc2-1.CC[C@@]1(O)C(=O)OCc2c1cc1n(c2=O)Cc2cc3c(CCCCOCNC(=O)[C@H](C)NC(=O)[C@@H](NC(=O)CCCCCN4C(=O)CC(C)C4=O)C(C)C)c(C)c(F)cc3nc2-1. The van der Waals surface area contributed by atoms with E-state index < -0.39 is 82.6 Å². The molecule has 0 bridgehead atoms. The van der Waals surface area contributed by atoms with Crippen LogP contribution >= 0.6 is 0 Å². The fourth-order valence-electron chi connectivity index (χ4n) is 16.4. The van der Waals surface area contributed by atoms with Crippen molar-refractivity contribution < 1.29 is 95.5 Å². The second-order valence-corrected chi connectivity index (χ2v) is 33.2. The smallest absolute Gasteiger partial charge is 0.343 e. The molecule has 10 amide bonds. The van der Waals surface area contributed by atoms with Gasteiger partial charge < -0.3 is 70.2 Å². The first-order valence-corrected chi connectivity index (χ1v) is 42.4. The molecule has 0 saturated carbocycles. The van der Waals surface area contributed by atoms with Crippen molar-refractivity contribution in [3.05, 3.63) is 137 Å². The summed E-state index contributed by atoms with van der Waals surface area (Å²) < 4.78 is 55.3. The number of rotatable bonds is 38. The van der Waals surface area contributed by atoms with E-state index in [-0.39, 0.29) is 172 Å². The Balaban J connectivity index is 0.000000257. The lowest BCUT2D eigenvalue weighted by Crippen LogP contribution is -2.54. The van der Waals surface area contributed by atoms with Gasteiger partial charge in [0.1, 0.15) is 62.5 Å². The number of pyridine rings is 4. The molecule has 34 heteroatoms. The van der Waals surface area contributed by atoms with Crippen molar-refractivity contribution in [3.8, 4) is 22.8 Å². The summed E-state index contributed by atoms with van der Waals surface area (Å²) in [6.45, 7) is 19.7. The van der Waals surface area contributed by atoms with Crippen molar-refractivity contribution in [1.29, 1.82) is 0 Å². The summed E-state index contributed by atoms with van der Waals surface area (Å²) in [6, 6.07) is 6.32. The van der Waals surface area contributed by atoms with E-state index in [9.17, 15) is 77.3 Å². The maximum atomic E-state index is 15.3. The van der Waals surface area contributed by atoms with Gasteiger partial charge in [-0.05, 0) is 163 Å². The van der Waals surface area contributed by atoms with Gasteiger partial charge in [-0.1, -0.05) is 68.7 Å². The molecule has 1 unspecified atom stereocenters. The van der Waals surface area contributed by atoms with E-state index in [1.807, 2.05) is 12.1 Å². The number of fused-ring (bicyclic) bond motifs is 10. The first kappa shape index (κ1) is 94.9. The number of aryl methyl sites for hydroxylation is 2. The highest BCUT2D eigenvalue weighted by Gasteiger charge is 2.48. The molecule has 6 aromatic rings. The maximum Gasteiger partial charge on any atom is 0.343 e. The number of halogens is 2. The van der Waals surface area contributed by atoms with Crippen molar-refractivity contribution in [2.45, 2.75) is 254 Å². The average molecular weight is 1720 g/mol. The molecule has 668 valence electrons. The zero-order valence-electron chi connectivity index (χ0n) is 71.4. The number of hydrogen-bond donors (Lipinski definition) is 8. The maximum absolute atomic E-state index is 15.3. The quantitative estimate of drug-likeness (QED) is 0.00817. The highest BCUT2D eigenvalue weighted by molar-refractivity contribution is 6.13. The van der Waals surface area contributed by atoms with Crippen LogP contribution in [-0.4, -0.2) is 174 Å².